The van der Waals surface area contributed by atoms with Gasteiger partial charge >= 0.3 is 0 Å². The van der Waals surface area contributed by atoms with E-state index in [0.717, 1.165) is 12.8 Å². The molecule has 28 heavy (non-hydrogen) atoms. The lowest BCUT2D eigenvalue weighted by Gasteiger charge is -2.30. The number of thiophene rings is 1. The predicted octanol–water partition coefficient (Wildman–Crippen LogP) is 2.33. The molecule has 3 aromatic heterocycles. The number of aromatic nitrogens is 3. The number of nitrogens with one attached hydrogen (secondary N) is 1. The molecule has 0 saturated carbocycles. The fraction of sp³-hybridized carbons (Fsp3) is 0.316. The van der Waals surface area contributed by atoms with Crippen LogP contribution in [0, 0.1) is 0 Å². The van der Waals surface area contributed by atoms with Crippen LogP contribution in [-0.2, 0) is 4.79 Å². The Morgan fingerprint density at radius 1 is 1.21 bits per heavy atom. The third-order valence-corrected chi connectivity index (χ3v) is 5.55. The zero-order chi connectivity index (χ0) is 19.3. The van der Waals surface area contributed by atoms with Crippen LogP contribution in [0.15, 0.2) is 46.4 Å². The molecule has 0 atom stereocenters. The molecule has 8 nitrogen and oxygen atoms in total. The van der Waals surface area contributed by atoms with Crippen LogP contribution in [0.25, 0.3) is 11.5 Å². The van der Waals surface area contributed by atoms with Gasteiger partial charge in [-0.25, -0.2) is 0 Å². The van der Waals surface area contributed by atoms with Gasteiger partial charge in [-0.2, -0.15) is 4.98 Å². The highest BCUT2D eigenvalue weighted by Gasteiger charge is 2.28. The first-order chi connectivity index (χ1) is 13.7. The summed E-state index contributed by atoms with van der Waals surface area (Å²) >= 11 is 1.35. The molecule has 1 aliphatic rings. The van der Waals surface area contributed by atoms with Gasteiger partial charge in [-0.3, -0.25) is 14.6 Å². The molecule has 0 bridgehead atoms. The second kappa shape index (κ2) is 8.30. The Bertz CT molecular complexity index is 934. The summed E-state index contributed by atoms with van der Waals surface area (Å²) in [7, 11) is 0. The van der Waals surface area contributed by atoms with Gasteiger partial charge in [-0.1, -0.05) is 17.3 Å². The summed E-state index contributed by atoms with van der Waals surface area (Å²) in [5, 5.41) is 8.52. The summed E-state index contributed by atoms with van der Waals surface area (Å²) in [5.74, 6) is 0.882. The van der Waals surface area contributed by atoms with Gasteiger partial charge in [-0.05, 0) is 36.4 Å². The number of hydrogen-bond donors (Lipinski definition) is 1. The maximum Gasteiger partial charge on any atom is 0.261 e. The highest BCUT2D eigenvalue weighted by Crippen LogP contribution is 2.28. The maximum atomic E-state index is 12.4. The first-order valence-electron chi connectivity index (χ1n) is 9.05. The van der Waals surface area contributed by atoms with Crippen molar-refractivity contribution in [3.8, 4) is 11.5 Å². The van der Waals surface area contributed by atoms with Gasteiger partial charge < -0.3 is 14.7 Å². The van der Waals surface area contributed by atoms with Crippen molar-refractivity contribution in [2.24, 2.45) is 0 Å². The molecule has 0 unspecified atom stereocenters. The van der Waals surface area contributed by atoms with Crippen molar-refractivity contribution in [3.63, 3.8) is 0 Å². The van der Waals surface area contributed by atoms with E-state index in [0.29, 0.717) is 35.4 Å². The van der Waals surface area contributed by atoms with Gasteiger partial charge in [-0.15, -0.1) is 11.3 Å². The van der Waals surface area contributed by atoms with Crippen molar-refractivity contribution in [1.29, 1.82) is 0 Å². The number of rotatable bonds is 5. The van der Waals surface area contributed by atoms with E-state index in [1.165, 1.54) is 11.3 Å². The Hall–Kier alpha value is -3.07. The molecule has 2 amide bonds. The molecule has 1 saturated heterocycles. The summed E-state index contributed by atoms with van der Waals surface area (Å²) in [5.41, 5.74) is 0.673. The Labute approximate surface area is 165 Å². The van der Waals surface area contributed by atoms with E-state index >= 15 is 0 Å². The lowest BCUT2D eigenvalue weighted by atomic mass is 9.96. The fourth-order valence-corrected chi connectivity index (χ4v) is 3.78. The first kappa shape index (κ1) is 18.3. The van der Waals surface area contributed by atoms with Crippen LogP contribution >= 0.6 is 11.3 Å². The maximum absolute atomic E-state index is 12.4. The van der Waals surface area contributed by atoms with Crippen molar-refractivity contribution in [2.45, 2.75) is 18.8 Å². The number of carbonyl (C=O) groups excluding carboxylic acids is 2. The normalized spacial score (nSPS) is 14.8. The quantitative estimate of drug-likeness (QED) is 0.709. The van der Waals surface area contributed by atoms with Crippen LogP contribution in [0.3, 0.4) is 0 Å². The minimum absolute atomic E-state index is 0.00574. The summed E-state index contributed by atoms with van der Waals surface area (Å²) in [6.07, 6.45) is 3.18. The van der Waals surface area contributed by atoms with Gasteiger partial charge in [0.25, 0.3) is 5.91 Å². The van der Waals surface area contributed by atoms with Gasteiger partial charge in [0, 0.05) is 25.2 Å². The van der Waals surface area contributed by atoms with Crippen molar-refractivity contribution < 1.29 is 14.1 Å². The summed E-state index contributed by atoms with van der Waals surface area (Å²) in [4.78, 5) is 35.4. The van der Waals surface area contributed by atoms with Gasteiger partial charge in [0.2, 0.25) is 17.6 Å². The molecule has 1 fully saturated rings. The van der Waals surface area contributed by atoms with Crippen molar-refractivity contribution in [1.82, 2.24) is 25.3 Å². The number of amides is 2. The number of carbonyl (C=O) groups is 2. The SMILES string of the molecule is O=C(NCC(=O)N1CCC(c2nc(-c3ccccn3)no2)CC1)c1cccs1. The van der Waals surface area contributed by atoms with Gasteiger partial charge in [0.05, 0.1) is 11.4 Å². The molecule has 0 radical (unpaired) electrons. The number of nitrogens with zero attached hydrogens (tertiary/aromatic N) is 4. The topological polar surface area (TPSA) is 101 Å². The summed E-state index contributed by atoms with van der Waals surface area (Å²) < 4.78 is 5.41. The average molecular weight is 397 g/mol. The fourth-order valence-electron chi connectivity index (χ4n) is 3.14. The third kappa shape index (κ3) is 4.09. The average Bonchev–Trinajstić information content (AvgIpc) is 3.45. The predicted molar refractivity (Wildman–Crippen MR) is 103 cm³/mol. The van der Waals surface area contributed by atoms with E-state index in [1.54, 1.807) is 17.2 Å². The van der Waals surface area contributed by atoms with E-state index in [2.05, 4.69) is 20.4 Å². The molecule has 0 aromatic carbocycles. The van der Waals surface area contributed by atoms with E-state index in [9.17, 15) is 9.59 Å². The zero-order valence-corrected chi connectivity index (χ0v) is 15.9. The Morgan fingerprint density at radius 2 is 2.07 bits per heavy atom. The second-order valence-electron chi connectivity index (χ2n) is 6.49. The lowest BCUT2D eigenvalue weighted by Crippen LogP contribution is -2.43. The van der Waals surface area contributed by atoms with Crippen molar-refractivity contribution in [3.05, 3.63) is 52.7 Å². The molecule has 4 heterocycles. The Kier molecular flexibility index (Phi) is 5.43. The smallest absolute Gasteiger partial charge is 0.261 e. The molecule has 9 heteroatoms. The Morgan fingerprint density at radius 3 is 2.79 bits per heavy atom. The van der Waals surface area contributed by atoms with E-state index < -0.39 is 0 Å². The largest absolute Gasteiger partial charge is 0.342 e. The lowest BCUT2D eigenvalue weighted by molar-refractivity contribution is -0.131. The Balaban J connectivity index is 1.28. The summed E-state index contributed by atoms with van der Waals surface area (Å²) in [6, 6.07) is 9.09. The van der Waals surface area contributed by atoms with Crippen LogP contribution < -0.4 is 5.32 Å². The number of likely N-dealkylation sites (tertiary alicyclic amines) is 1. The minimum atomic E-state index is -0.217. The number of piperidine rings is 1. The van der Waals surface area contributed by atoms with Gasteiger partial charge in [0.1, 0.15) is 5.69 Å². The minimum Gasteiger partial charge on any atom is -0.342 e. The zero-order valence-electron chi connectivity index (χ0n) is 15.1. The first-order valence-corrected chi connectivity index (χ1v) is 9.93. The summed E-state index contributed by atoms with van der Waals surface area (Å²) in [6.45, 7) is 1.20. The van der Waals surface area contributed by atoms with Crippen LogP contribution in [0.2, 0.25) is 0 Å². The molecule has 3 aromatic rings. The molecule has 4 rings (SSSR count). The van der Waals surface area contributed by atoms with Crippen molar-refractivity contribution in [2.75, 3.05) is 19.6 Å². The van der Waals surface area contributed by atoms with E-state index in [4.69, 9.17) is 4.52 Å². The van der Waals surface area contributed by atoms with Gasteiger partial charge in [0.15, 0.2) is 0 Å². The molecule has 144 valence electrons. The van der Waals surface area contributed by atoms with Crippen molar-refractivity contribution >= 4 is 23.2 Å². The highest BCUT2D eigenvalue weighted by atomic mass is 32.1. The van der Waals surface area contributed by atoms with Crippen LogP contribution in [-0.4, -0.2) is 51.5 Å². The monoisotopic (exact) mass is 397 g/mol. The van der Waals surface area contributed by atoms with Crippen LogP contribution in [0.1, 0.15) is 34.3 Å². The molecule has 0 spiro atoms. The molecule has 1 N–H and O–H groups in total. The number of hydrogen-bond acceptors (Lipinski definition) is 7. The highest BCUT2D eigenvalue weighted by molar-refractivity contribution is 7.12. The van der Waals surface area contributed by atoms with E-state index in [-0.39, 0.29) is 24.3 Å². The molecular weight excluding hydrogens is 378 g/mol. The third-order valence-electron chi connectivity index (χ3n) is 4.68. The second-order valence-corrected chi connectivity index (χ2v) is 7.43. The molecule has 1 aliphatic heterocycles. The van der Waals surface area contributed by atoms with E-state index in [1.807, 2.05) is 29.6 Å². The van der Waals surface area contributed by atoms with Crippen LogP contribution in [0.5, 0.6) is 0 Å². The molecule has 0 aliphatic carbocycles. The molecular formula is C19H19N5O3S. The van der Waals surface area contributed by atoms with Crippen LogP contribution in [0.4, 0.5) is 0 Å². The number of pyridine rings is 1. The standard InChI is InChI=1S/C19H19N5O3S/c25-16(12-21-18(26)15-5-3-11-28-15)24-9-6-13(7-10-24)19-22-17(23-27-19)14-4-1-2-8-20-14/h1-5,8,11,13H,6-7,9-10,12H2,(H,21,26).